The molecule has 0 bridgehead atoms. The molecule has 0 radical (unpaired) electrons. The molecule has 0 spiro atoms. The lowest BCUT2D eigenvalue weighted by Crippen LogP contribution is -2.29. The second-order valence-electron chi connectivity index (χ2n) is 4.54. The molecule has 1 amide bonds. The monoisotopic (exact) mass is 270 g/mol. The predicted molar refractivity (Wildman–Crippen MR) is 76.3 cm³/mol. The Morgan fingerprint density at radius 2 is 2.10 bits per heavy atom. The number of nitrogens with zero attached hydrogens (tertiary/aromatic N) is 4. The molecule has 6 heteroatoms. The Kier molecular flexibility index (Phi) is 2.78. The highest BCUT2D eigenvalue weighted by molar-refractivity contribution is 5.87. The van der Waals surface area contributed by atoms with E-state index >= 15 is 0 Å². The molecular formula is C14H14N4O2. The van der Waals surface area contributed by atoms with Crippen LogP contribution >= 0.6 is 0 Å². The molecule has 0 fully saturated rings. The summed E-state index contributed by atoms with van der Waals surface area (Å²) in [4.78, 5) is 21.4. The van der Waals surface area contributed by atoms with Crippen LogP contribution in [0.1, 0.15) is 12.5 Å². The molecule has 1 N–H and O–H groups in total. The van der Waals surface area contributed by atoms with Crippen molar-refractivity contribution < 1.29 is 9.90 Å². The number of hydrogen-bond donors (Lipinski definition) is 1. The molecule has 3 heterocycles. The average molecular weight is 270 g/mol. The maximum absolute atomic E-state index is 11.2. The zero-order valence-electron chi connectivity index (χ0n) is 11.2. The van der Waals surface area contributed by atoms with Crippen molar-refractivity contribution in [3.05, 3.63) is 36.0 Å². The van der Waals surface area contributed by atoms with Crippen molar-refractivity contribution in [1.82, 2.24) is 14.4 Å². The van der Waals surface area contributed by atoms with Gasteiger partial charge in [-0.15, -0.1) is 0 Å². The van der Waals surface area contributed by atoms with E-state index in [0.29, 0.717) is 18.0 Å². The van der Waals surface area contributed by atoms with Crippen LogP contribution in [0.25, 0.3) is 16.8 Å². The molecule has 0 atom stereocenters. The van der Waals surface area contributed by atoms with Crippen LogP contribution in [0.5, 0.6) is 0 Å². The normalized spacial score (nSPS) is 11.1. The summed E-state index contributed by atoms with van der Waals surface area (Å²) in [6.45, 7) is 4.11. The number of carbonyl (C=O) groups is 1. The number of aromatic nitrogens is 3. The lowest BCUT2D eigenvalue weighted by molar-refractivity contribution is 0.202. The van der Waals surface area contributed by atoms with Gasteiger partial charge in [0.1, 0.15) is 17.0 Å². The van der Waals surface area contributed by atoms with E-state index < -0.39 is 6.09 Å². The van der Waals surface area contributed by atoms with E-state index in [1.54, 1.807) is 19.1 Å². The third-order valence-electron chi connectivity index (χ3n) is 3.28. The fourth-order valence-corrected chi connectivity index (χ4v) is 2.28. The third-order valence-corrected chi connectivity index (χ3v) is 3.28. The quantitative estimate of drug-likeness (QED) is 0.777. The van der Waals surface area contributed by atoms with Gasteiger partial charge in [0.05, 0.1) is 0 Å². The van der Waals surface area contributed by atoms with Gasteiger partial charge in [0.2, 0.25) is 0 Å². The van der Waals surface area contributed by atoms with Gasteiger partial charge < -0.3 is 5.11 Å². The fourth-order valence-electron chi connectivity index (χ4n) is 2.28. The van der Waals surface area contributed by atoms with E-state index in [-0.39, 0.29) is 0 Å². The van der Waals surface area contributed by atoms with Crippen molar-refractivity contribution in [2.45, 2.75) is 13.8 Å². The molecule has 0 unspecified atom stereocenters. The molecular weight excluding hydrogens is 256 g/mol. The average Bonchev–Trinajstić information content (AvgIpc) is 2.79. The summed E-state index contributed by atoms with van der Waals surface area (Å²) >= 11 is 0. The maximum atomic E-state index is 11.2. The van der Waals surface area contributed by atoms with Crippen LogP contribution in [0.15, 0.2) is 30.5 Å². The number of imidazole rings is 1. The smallest absolute Gasteiger partial charge is 0.412 e. The first-order chi connectivity index (χ1) is 9.61. The highest BCUT2D eigenvalue weighted by Gasteiger charge is 2.15. The molecule has 0 saturated heterocycles. The van der Waals surface area contributed by atoms with Gasteiger partial charge in [-0.1, -0.05) is 6.07 Å². The topological polar surface area (TPSA) is 70.7 Å². The Morgan fingerprint density at radius 1 is 1.30 bits per heavy atom. The zero-order valence-corrected chi connectivity index (χ0v) is 11.2. The van der Waals surface area contributed by atoms with Crippen LogP contribution in [-0.4, -0.2) is 32.1 Å². The molecule has 6 nitrogen and oxygen atoms in total. The Bertz CT molecular complexity index is 809. The highest BCUT2D eigenvalue weighted by atomic mass is 16.4. The zero-order chi connectivity index (χ0) is 14.3. The molecule has 20 heavy (non-hydrogen) atoms. The second kappa shape index (κ2) is 4.48. The number of carboxylic acid groups (broad SMARTS) is 1. The molecule has 0 saturated carbocycles. The van der Waals surface area contributed by atoms with E-state index in [4.69, 9.17) is 0 Å². The van der Waals surface area contributed by atoms with Gasteiger partial charge in [0.25, 0.3) is 0 Å². The van der Waals surface area contributed by atoms with Gasteiger partial charge in [0, 0.05) is 12.7 Å². The molecule has 3 aromatic heterocycles. The first kappa shape index (κ1) is 12.4. The first-order valence-corrected chi connectivity index (χ1v) is 6.36. The van der Waals surface area contributed by atoms with Crippen LogP contribution in [-0.2, 0) is 0 Å². The summed E-state index contributed by atoms with van der Waals surface area (Å²) in [6.07, 6.45) is 0.871. The minimum atomic E-state index is -1.01. The van der Waals surface area contributed by atoms with Crippen LogP contribution < -0.4 is 4.90 Å². The van der Waals surface area contributed by atoms with Crippen molar-refractivity contribution in [2.24, 2.45) is 0 Å². The van der Waals surface area contributed by atoms with Gasteiger partial charge in [0.15, 0.2) is 5.65 Å². The van der Waals surface area contributed by atoms with Crippen LogP contribution in [0, 0.1) is 6.92 Å². The summed E-state index contributed by atoms with van der Waals surface area (Å²) in [5.41, 5.74) is 3.31. The van der Waals surface area contributed by atoms with Crippen molar-refractivity contribution in [2.75, 3.05) is 11.4 Å². The van der Waals surface area contributed by atoms with Gasteiger partial charge >= 0.3 is 6.09 Å². The molecule has 0 aliphatic carbocycles. The summed E-state index contributed by atoms with van der Waals surface area (Å²) in [7, 11) is 0. The molecule has 3 aromatic rings. The molecule has 0 aromatic carbocycles. The van der Waals surface area contributed by atoms with Crippen LogP contribution in [0.4, 0.5) is 10.6 Å². The molecule has 0 aliphatic heterocycles. The largest absolute Gasteiger partial charge is 0.465 e. The van der Waals surface area contributed by atoms with Crippen molar-refractivity contribution in [3.63, 3.8) is 0 Å². The molecule has 3 rings (SSSR count). The van der Waals surface area contributed by atoms with Crippen molar-refractivity contribution in [1.29, 1.82) is 0 Å². The standard InChI is InChI=1S/C14H14N4O2/c1-3-17(14(19)20)11-7-6-10-13(16-11)18-8-4-5-9(2)12(18)15-10/h4-8H,3H2,1-2H3,(H,19,20). The van der Waals surface area contributed by atoms with Gasteiger partial charge in [-0.05, 0) is 37.6 Å². The number of fused-ring (bicyclic) bond motifs is 3. The van der Waals surface area contributed by atoms with Crippen LogP contribution in [0.2, 0.25) is 0 Å². The van der Waals surface area contributed by atoms with E-state index in [9.17, 15) is 9.90 Å². The van der Waals surface area contributed by atoms with Crippen molar-refractivity contribution >= 4 is 28.7 Å². The van der Waals surface area contributed by atoms with E-state index in [1.165, 1.54) is 4.90 Å². The summed E-state index contributed by atoms with van der Waals surface area (Å²) in [5, 5.41) is 9.17. The van der Waals surface area contributed by atoms with E-state index in [0.717, 1.165) is 16.7 Å². The Morgan fingerprint density at radius 3 is 2.80 bits per heavy atom. The molecule has 0 aliphatic rings. The van der Waals surface area contributed by atoms with Crippen molar-refractivity contribution in [3.8, 4) is 0 Å². The third kappa shape index (κ3) is 1.77. The van der Waals surface area contributed by atoms with E-state index in [1.807, 2.05) is 29.7 Å². The summed E-state index contributed by atoms with van der Waals surface area (Å²) < 4.78 is 1.88. The minimum Gasteiger partial charge on any atom is -0.465 e. The highest BCUT2D eigenvalue weighted by Crippen LogP contribution is 2.21. The fraction of sp³-hybridized carbons (Fsp3) is 0.214. The van der Waals surface area contributed by atoms with Gasteiger partial charge in [-0.25, -0.2) is 14.8 Å². The van der Waals surface area contributed by atoms with E-state index in [2.05, 4.69) is 9.97 Å². The number of hydrogen-bond acceptors (Lipinski definition) is 3. The Hall–Kier alpha value is -2.63. The number of pyridine rings is 2. The summed E-state index contributed by atoms with van der Waals surface area (Å²) in [5.74, 6) is 0.413. The molecule has 102 valence electrons. The Balaban J connectivity index is 2.27. The summed E-state index contributed by atoms with van der Waals surface area (Å²) in [6, 6.07) is 7.39. The first-order valence-electron chi connectivity index (χ1n) is 6.36. The maximum Gasteiger partial charge on any atom is 0.412 e. The number of amides is 1. The number of rotatable bonds is 2. The predicted octanol–water partition coefficient (Wildman–Crippen LogP) is 2.70. The Labute approximate surface area is 115 Å². The van der Waals surface area contributed by atoms with Gasteiger partial charge in [-0.3, -0.25) is 9.30 Å². The lowest BCUT2D eigenvalue weighted by atomic mass is 10.3. The minimum absolute atomic E-state index is 0.351. The van der Waals surface area contributed by atoms with Crippen LogP contribution in [0.3, 0.4) is 0 Å². The lowest BCUT2D eigenvalue weighted by Gasteiger charge is -2.15. The SMILES string of the molecule is CCN(C(=O)O)c1ccc2nc3c(C)cccn3c2n1. The van der Waals surface area contributed by atoms with Gasteiger partial charge in [-0.2, -0.15) is 0 Å². The number of anilines is 1. The second-order valence-corrected chi connectivity index (χ2v) is 4.54. The number of aryl methyl sites for hydroxylation is 1.